The number of hydrogen-bond acceptors (Lipinski definition) is 4. The Morgan fingerprint density at radius 3 is 2.71 bits per heavy atom. The van der Waals surface area contributed by atoms with Crippen LogP contribution in [-0.4, -0.2) is 23.2 Å². The molecule has 2 aromatic rings. The lowest BCUT2D eigenvalue weighted by Crippen LogP contribution is -2.28. The van der Waals surface area contributed by atoms with Gasteiger partial charge in [0.15, 0.2) is 0 Å². The summed E-state index contributed by atoms with van der Waals surface area (Å²) < 4.78 is 0. The highest BCUT2D eigenvalue weighted by Gasteiger charge is 2.20. The third kappa shape index (κ3) is 3.13. The molecule has 0 bridgehead atoms. The van der Waals surface area contributed by atoms with Gasteiger partial charge >= 0.3 is 0 Å². The summed E-state index contributed by atoms with van der Waals surface area (Å²) in [6, 6.07) is 6.78. The summed E-state index contributed by atoms with van der Waals surface area (Å²) >= 11 is 5.98. The maximum atomic E-state index is 12.7. The van der Waals surface area contributed by atoms with Crippen LogP contribution in [0.4, 0.5) is 11.4 Å². The monoisotopic (exact) mass is 304 g/mol. The van der Waals surface area contributed by atoms with Crippen LogP contribution in [0.25, 0.3) is 0 Å². The van der Waals surface area contributed by atoms with Gasteiger partial charge in [0.1, 0.15) is 0 Å². The zero-order valence-corrected chi connectivity index (χ0v) is 13.0. The number of amides is 1. The molecule has 0 radical (unpaired) electrons. The average molecular weight is 305 g/mol. The van der Waals surface area contributed by atoms with Crippen LogP contribution < -0.4 is 10.6 Å². The van der Waals surface area contributed by atoms with E-state index in [4.69, 9.17) is 17.3 Å². The number of rotatable bonds is 3. The van der Waals surface area contributed by atoms with Crippen LogP contribution in [0.2, 0.25) is 5.02 Å². The quantitative estimate of drug-likeness (QED) is 0.885. The van der Waals surface area contributed by atoms with Gasteiger partial charge in [-0.05, 0) is 37.6 Å². The van der Waals surface area contributed by atoms with Crippen molar-refractivity contribution in [2.75, 3.05) is 17.7 Å². The maximum Gasteiger partial charge on any atom is 0.260 e. The van der Waals surface area contributed by atoms with Crippen molar-refractivity contribution in [1.29, 1.82) is 0 Å². The van der Waals surface area contributed by atoms with Gasteiger partial charge in [-0.2, -0.15) is 10.2 Å². The first-order valence-corrected chi connectivity index (χ1v) is 6.98. The number of hydrogen-bond donors (Lipinski definition) is 1. The molecular weight excluding hydrogens is 288 g/mol. The molecule has 0 saturated carbocycles. The summed E-state index contributed by atoms with van der Waals surface area (Å²) in [5.41, 5.74) is 8.89. The summed E-state index contributed by atoms with van der Waals surface area (Å²) in [7, 11) is 1.67. The molecule has 5 nitrogen and oxygen atoms in total. The number of nitrogens with zero attached hydrogens (tertiary/aromatic N) is 3. The lowest BCUT2D eigenvalue weighted by atomic mass is 10.1. The van der Waals surface area contributed by atoms with E-state index in [1.54, 1.807) is 38.2 Å². The molecule has 0 atom stereocenters. The van der Waals surface area contributed by atoms with Crippen LogP contribution in [0.1, 0.15) is 28.7 Å². The van der Waals surface area contributed by atoms with E-state index in [9.17, 15) is 4.79 Å². The standard InChI is InChI=1S/C15H17ClN4O/c1-4-13-11(7-9(2)18-19-13)15(21)20(3)14-8-10(16)5-6-12(14)17/h5-8H,4,17H2,1-3H3. The predicted molar refractivity (Wildman–Crippen MR) is 84.7 cm³/mol. The molecule has 6 heteroatoms. The van der Waals surface area contributed by atoms with Crippen molar-refractivity contribution in [3.63, 3.8) is 0 Å². The second-order valence-corrected chi connectivity index (χ2v) is 5.20. The van der Waals surface area contributed by atoms with Crippen LogP contribution in [0.5, 0.6) is 0 Å². The number of aromatic nitrogens is 2. The first-order chi connectivity index (χ1) is 9.93. The van der Waals surface area contributed by atoms with E-state index in [0.29, 0.717) is 39.8 Å². The van der Waals surface area contributed by atoms with Gasteiger partial charge in [-0.15, -0.1) is 0 Å². The van der Waals surface area contributed by atoms with Crippen LogP contribution in [0.3, 0.4) is 0 Å². The van der Waals surface area contributed by atoms with Crippen molar-refractivity contribution in [1.82, 2.24) is 10.2 Å². The number of carbonyl (C=O) groups is 1. The second-order valence-electron chi connectivity index (χ2n) is 4.77. The minimum absolute atomic E-state index is 0.182. The van der Waals surface area contributed by atoms with E-state index in [2.05, 4.69) is 10.2 Å². The zero-order chi connectivity index (χ0) is 15.6. The predicted octanol–water partition coefficient (Wildman–Crippen LogP) is 2.86. The van der Waals surface area contributed by atoms with E-state index < -0.39 is 0 Å². The Morgan fingerprint density at radius 1 is 1.33 bits per heavy atom. The largest absolute Gasteiger partial charge is 0.397 e. The van der Waals surface area contributed by atoms with Gasteiger partial charge in [0, 0.05) is 12.1 Å². The summed E-state index contributed by atoms with van der Waals surface area (Å²) in [6.45, 7) is 3.74. The molecule has 0 fully saturated rings. The van der Waals surface area contributed by atoms with Gasteiger partial charge in [-0.25, -0.2) is 0 Å². The zero-order valence-electron chi connectivity index (χ0n) is 12.2. The van der Waals surface area contributed by atoms with E-state index in [1.807, 2.05) is 6.92 Å². The molecular formula is C15H17ClN4O. The fraction of sp³-hybridized carbons (Fsp3) is 0.267. The molecule has 2 N–H and O–H groups in total. The number of nitrogen functional groups attached to an aromatic ring is 1. The Balaban J connectivity index is 2.44. The van der Waals surface area contributed by atoms with E-state index in [-0.39, 0.29) is 5.91 Å². The minimum Gasteiger partial charge on any atom is -0.397 e. The van der Waals surface area contributed by atoms with Crippen molar-refractivity contribution >= 4 is 28.9 Å². The molecule has 1 aromatic heterocycles. The highest BCUT2D eigenvalue weighted by Crippen LogP contribution is 2.27. The topological polar surface area (TPSA) is 72.1 Å². The Kier molecular flexibility index (Phi) is 4.43. The number of halogens is 1. The van der Waals surface area contributed by atoms with Crippen molar-refractivity contribution in [3.8, 4) is 0 Å². The molecule has 21 heavy (non-hydrogen) atoms. The van der Waals surface area contributed by atoms with E-state index >= 15 is 0 Å². The number of carbonyl (C=O) groups excluding carboxylic acids is 1. The molecule has 0 aliphatic rings. The first kappa shape index (κ1) is 15.3. The molecule has 0 unspecified atom stereocenters. The Hall–Kier alpha value is -2.14. The molecule has 1 aromatic carbocycles. The van der Waals surface area contributed by atoms with Crippen molar-refractivity contribution in [2.24, 2.45) is 0 Å². The fourth-order valence-corrected chi connectivity index (χ4v) is 2.22. The SMILES string of the molecule is CCc1nnc(C)cc1C(=O)N(C)c1cc(Cl)ccc1N. The third-order valence-corrected chi connectivity index (χ3v) is 3.45. The Labute approximate surface area is 128 Å². The van der Waals surface area contributed by atoms with Gasteiger partial charge in [-0.3, -0.25) is 4.79 Å². The molecule has 1 amide bonds. The number of benzene rings is 1. The lowest BCUT2D eigenvalue weighted by Gasteiger charge is -2.20. The van der Waals surface area contributed by atoms with Gasteiger partial charge < -0.3 is 10.6 Å². The minimum atomic E-state index is -0.182. The first-order valence-electron chi connectivity index (χ1n) is 6.60. The molecule has 0 aliphatic carbocycles. The summed E-state index contributed by atoms with van der Waals surface area (Å²) in [6.07, 6.45) is 0.632. The van der Waals surface area contributed by atoms with Gasteiger partial charge in [0.25, 0.3) is 5.91 Å². The summed E-state index contributed by atoms with van der Waals surface area (Å²) in [5, 5.41) is 8.60. The Bertz CT molecular complexity index is 687. The van der Waals surface area contributed by atoms with Gasteiger partial charge in [-0.1, -0.05) is 18.5 Å². The number of anilines is 2. The molecule has 0 saturated heterocycles. The number of aryl methyl sites for hydroxylation is 2. The van der Waals surface area contributed by atoms with Crippen LogP contribution in [-0.2, 0) is 6.42 Å². The smallest absolute Gasteiger partial charge is 0.260 e. The second kappa shape index (κ2) is 6.10. The molecule has 2 rings (SSSR count). The third-order valence-electron chi connectivity index (χ3n) is 3.22. The molecule has 0 spiro atoms. The molecule has 1 heterocycles. The highest BCUT2D eigenvalue weighted by atomic mass is 35.5. The molecule has 0 aliphatic heterocycles. The van der Waals surface area contributed by atoms with Crippen molar-refractivity contribution in [2.45, 2.75) is 20.3 Å². The van der Waals surface area contributed by atoms with Crippen molar-refractivity contribution in [3.05, 3.63) is 46.2 Å². The Morgan fingerprint density at radius 2 is 2.05 bits per heavy atom. The summed E-state index contributed by atoms with van der Waals surface area (Å²) in [5.74, 6) is -0.182. The van der Waals surface area contributed by atoms with Gasteiger partial charge in [0.2, 0.25) is 0 Å². The van der Waals surface area contributed by atoms with Crippen LogP contribution >= 0.6 is 11.6 Å². The van der Waals surface area contributed by atoms with Crippen LogP contribution in [0, 0.1) is 6.92 Å². The summed E-state index contributed by atoms with van der Waals surface area (Å²) in [4.78, 5) is 14.2. The average Bonchev–Trinajstić information content (AvgIpc) is 2.48. The number of nitrogens with two attached hydrogens (primary N) is 1. The van der Waals surface area contributed by atoms with Crippen LogP contribution in [0.15, 0.2) is 24.3 Å². The fourth-order valence-electron chi connectivity index (χ4n) is 2.06. The highest BCUT2D eigenvalue weighted by molar-refractivity contribution is 6.31. The maximum absolute atomic E-state index is 12.7. The normalized spacial score (nSPS) is 10.5. The molecule has 110 valence electrons. The van der Waals surface area contributed by atoms with Crippen molar-refractivity contribution < 1.29 is 4.79 Å². The lowest BCUT2D eigenvalue weighted by molar-refractivity contribution is 0.0991. The van der Waals surface area contributed by atoms with Gasteiger partial charge in [0.05, 0.1) is 28.3 Å². The van der Waals surface area contributed by atoms with E-state index in [1.165, 1.54) is 4.90 Å². The van der Waals surface area contributed by atoms with E-state index in [0.717, 1.165) is 0 Å².